The Labute approximate surface area is 145 Å². The van der Waals surface area contributed by atoms with Crippen molar-refractivity contribution in [2.75, 3.05) is 17.6 Å². The SMILES string of the molecule is O=C(CNS(=O)(=O)CCCc1ccccc1)Nc1c(F)cccc1F. The van der Waals surface area contributed by atoms with Crippen molar-refractivity contribution >= 4 is 21.6 Å². The highest BCUT2D eigenvalue weighted by Gasteiger charge is 2.15. The van der Waals surface area contributed by atoms with Gasteiger partial charge in [-0.25, -0.2) is 21.9 Å². The number of halogens is 2. The van der Waals surface area contributed by atoms with Crippen LogP contribution < -0.4 is 10.0 Å². The molecule has 2 aromatic carbocycles. The van der Waals surface area contributed by atoms with Crippen LogP contribution in [0.1, 0.15) is 12.0 Å². The van der Waals surface area contributed by atoms with Crippen molar-refractivity contribution in [1.82, 2.24) is 4.72 Å². The lowest BCUT2D eigenvalue weighted by Crippen LogP contribution is -2.34. The molecule has 0 unspecified atom stereocenters. The minimum atomic E-state index is -3.66. The first-order valence-corrected chi connectivity index (χ1v) is 9.28. The summed E-state index contributed by atoms with van der Waals surface area (Å²) in [5.41, 5.74) is 0.418. The van der Waals surface area contributed by atoms with Crippen LogP contribution in [0.2, 0.25) is 0 Å². The molecule has 0 heterocycles. The molecule has 0 aliphatic heterocycles. The average Bonchev–Trinajstić information content (AvgIpc) is 2.57. The van der Waals surface area contributed by atoms with Gasteiger partial charge < -0.3 is 5.32 Å². The zero-order valence-electron chi connectivity index (χ0n) is 13.3. The molecular weight excluding hydrogens is 350 g/mol. The first-order chi connectivity index (χ1) is 11.9. The summed E-state index contributed by atoms with van der Waals surface area (Å²) in [5.74, 6) is -2.86. The second-order valence-electron chi connectivity index (χ2n) is 5.37. The van der Waals surface area contributed by atoms with Crippen LogP contribution in [0.5, 0.6) is 0 Å². The van der Waals surface area contributed by atoms with Crippen molar-refractivity contribution < 1.29 is 22.0 Å². The third kappa shape index (κ3) is 6.24. The number of hydrogen-bond acceptors (Lipinski definition) is 3. The fraction of sp³-hybridized carbons (Fsp3) is 0.235. The van der Waals surface area contributed by atoms with Gasteiger partial charge in [0, 0.05) is 0 Å². The summed E-state index contributed by atoms with van der Waals surface area (Å²) in [6.45, 7) is -0.596. The predicted octanol–water partition coefficient (Wildman–Crippen LogP) is 2.46. The van der Waals surface area contributed by atoms with E-state index in [1.807, 2.05) is 35.6 Å². The van der Waals surface area contributed by atoms with E-state index in [1.165, 1.54) is 0 Å². The van der Waals surface area contributed by atoms with Crippen molar-refractivity contribution in [1.29, 1.82) is 0 Å². The maximum Gasteiger partial charge on any atom is 0.239 e. The zero-order valence-corrected chi connectivity index (χ0v) is 14.2. The number of amides is 1. The van der Waals surface area contributed by atoms with E-state index >= 15 is 0 Å². The molecule has 2 N–H and O–H groups in total. The van der Waals surface area contributed by atoms with E-state index in [0.717, 1.165) is 23.8 Å². The molecule has 2 rings (SSSR count). The molecule has 0 spiro atoms. The Kier molecular flexibility index (Phi) is 6.60. The van der Waals surface area contributed by atoms with Crippen LogP contribution in [0.3, 0.4) is 0 Å². The Morgan fingerprint density at radius 2 is 1.60 bits per heavy atom. The Morgan fingerprint density at radius 1 is 0.960 bits per heavy atom. The summed E-state index contributed by atoms with van der Waals surface area (Å²) in [5, 5.41) is 2.02. The number of rotatable bonds is 8. The summed E-state index contributed by atoms with van der Waals surface area (Å²) in [7, 11) is -3.66. The van der Waals surface area contributed by atoms with Crippen LogP contribution in [0, 0.1) is 11.6 Å². The molecule has 0 aromatic heterocycles. The second-order valence-corrected chi connectivity index (χ2v) is 7.30. The van der Waals surface area contributed by atoms with Crippen LogP contribution in [0.15, 0.2) is 48.5 Å². The molecule has 8 heteroatoms. The molecule has 25 heavy (non-hydrogen) atoms. The number of para-hydroxylation sites is 1. The van der Waals surface area contributed by atoms with Crippen molar-refractivity contribution in [2.24, 2.45) is 0 Å². The summed E-state index contributed by atoms with van der Waals surface area (Å²) in [4.78, 5) is 11.7. The number of nitrogens with one attached hydrogen (secondary N) is 2. The highest BCUT2D eigenvalue weighted by Crippen LogP contribution is 2.17. The quantitative estimate of drug-likeness (QED) is 0.752. The molecule has 0 bridgehead atoms. The normalized spacial score (nSPS) is 11.3. The monoisotopic (exact) mass is 368 g/mol. The van der Waals surface area contributed by atoms with Gasteiger partial charge >= 0.3 is 0 Å². The van der Waals surface area contributed by atoms with Crippen LogP contribution in [-0.4, -0.2) is 26.6 Å². The van der Waals surface area contributed by atoms with Gasteiger partial charge in [-0.15, -0.1) is 0 Å². The van der Waals surface area contributed by atoms with Gasteiger partial charge in [0.2, 0.25) is 15.9 Å². The van der Waals surface area contributed by atoms with Gasteiger partial charge in [0.05, 0.1) is 12.3 Å². The van der Waals surface area contributed by atoms with Crippen molar-refractivity contribution in [2.45, 2.75) is 12.8 Å². The highest BCUT2D eigenvalue weighted by atomic mass is 32.2. The highest BCUT2D eigenvalue weighted by molar-refractivity contribution is 7.89. The van der Waals surface area contributed by atoms with Crippen LogP contribution >= 0.6 is 0 Å². The maximum absolute atomic E-state index is 13.4. The van der Waals surface area contributed by atoms with Crippen molar-refractivity contribution in [3.63, 3.8) is 0 Å². The van der Waals surface area contributed by atoms with Crippen LogP contribution in [0.25, 0.3) is 0 Å². The number of carbonyl (C=O) groups excluding carboxylic acids is 1. The minimum absolute atomic E-state index is 0.150. The zero-order chi connectivity index (χ0) is 18.3. The van der Waals surface area contributed by atoms with E-state index in [4.69, 9.17) is 0 Å². The fourth-order valence-corrected chi connectivity index (χ4v) is 3.18. The standard InChI is InChI=1S/C17H18F2N2O3S/c18-14-9-4-10-15(19)17(14)21-16(22)12-20-25(23,24)11-5-8-13-6-2-1-3-7-13/h1-4,6-7,9-10,20H,5,8,11-12H2,(H,21,22). The van der Waals surface area contributed by atoms with Gasteiger partial charge in [-0.05, 0) is 30.5 Å². The van der Waals surface area contributed by atoms with Gasteiger partial charge in [-0.3, -0.25) is 4.79 Å². The van der Waals surface area contributed by atoms with Crippen LogP contribution in [0.4, 0.5) is 14.5 Å². The first kappa shape index (κ1) is 19.0. The molecule has 134 valence electrons. The number of carbonyl (C=O) groups is 1. The Balaban J connectivity index is 1.80. The molecule has 0 atom stereocenters. The number of hydrogen-bond donors (Lipinski definition) is 2. The van der Waals surface area contributed by atoms with Gasteiger partial charge in [0.25, 0.3) is 0 Å². The molecule has 0 fully saturated rings. The molecular formula is C17H18F2N2O3S. The van der Waals surface area contributed by atoms with E-state index in [2.05, 4.69) is 4.72 Å². The smallest absolute Gasteiger partial charge is 0.239 e. The van der Waals surface area contributed by atoms with Crippen molar-refractivity contribution in [3.05, 3.63) is 65.7 Å². The van der Waals surface area contributed by atoms with Gasteiger partial charge in [-0.1, -0.05) is 36.4 Å². The summed E-state index contributed by atoms with van der Waals surface area (Å²) in [6.07, 6.45) is 0.983. The summed E-state index contributed by atoms with van der Waals surface area (Å²) in [6, 6.07) is 12.6. The first-order valence-electron chi connectivity index (χ1n) is 7.62. The number of benzene rings is 2. The van der Waals surface area contributed by atoms with E-state index < -0.39 is 39.8 Å². The molecule has 1 amide bonds. The van der Waals surface area contributed by atoms with E-state index in [0.29, 0.717) is 12.8 Å². The van der Waals surface area contributed by atoms with E-state index in [1.54, 1.807) is 0 Å². The molecule has 0 aliphatic rings. The minimum Gasteiger partial charge on any atom is -0.320 e. The Hall–Kier alpha value is -2.32. The Bertz CT molecular complexity index is 807. The van der Waals surface area contributed by atoms with Crippen LogP contribution in [-0.2, 0) is 21.2 Å². The summed E-state index contributed by atoms with van der Waals surface area (Å²) >= 11 is 0. The third-order valence-corrected chi connectivity index (χ3v) is 4.81. The summed E-state index contributed by atoms with van der Waals surface area (Å²) < 4.78 is 52.7. The topological polar surface area (TPSA) is 75.3 Å². The lowest BCUT2D eigenvalue weighted by molar-refractivity contribution is -0.115. The molecule has 5 nitrogen and oxygen atoms in total. The van der Waals surface area contributed by atoms with Gasteiger partial charge in [0.15, 0.2) is 0 Å². The average molecular weight is 368 g/mol. The number of anilines is 1. The van der Waals surface area contributed by atoms with Gasteiger partial charge in [-0.2, -0.15) is 0 Å². The second kappa shape index (κ2) is 8.68. The Morgan fingerprint density at radius 3 is 2.24 bits per heavy atom. The predicted molar refractivity (Wildman–Crippen MR) is 91.5 cm³/mol. The molecule has 0 radical (unpaired) electrons. The van der Waals surface area contributed by atoms with E-state index in [-0.39, 0.29) is 5.75 Å². The third-order valence-electron chi connectivity index (χ3n) is 3.40. The van der Waals surface area contributed by atoms with E-state index in [9.17, 15) is 22.0 Å². The molecule has 0 saturated carbocycles. The molecule has 0 saturated heterocycles. The number of sulfonamides is 1. The lowest BCUT2D eigenvalue weighted by Gasteiger charge is -2.09. The largest absolute Gasteiger partial charge is 0.320 e. The number of aryl methyl sites for hydroxylation is 1. The van der Waals surface area contributed by atoms with Gasteiger partial charge in [0.1, 0.15) is 17.3 Å². The lowest BCUT2D eigenvalue weighted by atomic mass is 10.1. The molecule has 2 aromatic rings. The fourth-order valence-electron chi connectivity index (χ4n) is 2.16. The van der Waals surface area contributed by atoms with Crippen molar-refractivity contribution in [3.8, 4) is 0 Å². The molecule has 0 aliphatic carbocycles. The maximum atomic E-state index is 13.4.